The minimum absolute atomic E-state index is 0.331. The molecule has 0 fully saturated rings. The lowest BCUT2D eigenvalue weighted by Crippen LogP contribution is -2.05. The second-order valence-corrected chi connectivity index (χ2v) is 6.04. The van der Waals surface area contributed by atoms with E-state index in [9.17, 15) is 4.79 Å². The molecule has 0 unspecified atom stereocenters. The van der Waals surface area contributed by atoms with Gasteiger partial charge in [-0.2, -0.15) is 0 Å². The van der Waals surface area contributed by atoms with Crippen molar-refractivity contribution in [2.75, 3.05) is 6.61 Å². The summed E-state index contributed by atoms with van der Waals surface area (Å²) in [4.78, 5) is 16.7. The van der Waals surface area contributed by atoms with Gasteiger partial charge in [0.1, 0.15) is 0 Å². The Morgan fingerprint density at radius 1 is 1.17 bits per heavy atom. The molecule has 24 heavy (non-hydrogen) atoms. The van der Waals surface area contributed by atoms with Gasteiger partial charge in [-0.15, -0.1) is 0 Å². The number of rotatable bonds is 3. The highest BCUT2D eigenvalue weighted by molar-refractivity contribution is 6.33. The molecule has 0 radical (unpaired) electrons. The van der Waals surface area contributed by atoms with Gasteiger partial charge in [-0.05, 0) is 56.2 Å². The third-order valence-corrected chi connectivity index (χ3v) is 4.46. The maximum atomic E-state index is 12.1. The highest BCUT2D eigenvalue weighted by Gasteiger charge is 2.16. The van der Waals surface area contributed by atoms with Gasteiger partial charge in [0, 0.05) is 21.7 Å². The molecule has 2 aromatic carbocycles. The molecule has 0 saturated carbocycles. The number of halogens is 1. The molecule has 122 valence electrons. The molecule has 1 heterocycles. The molecule has 0 aliphatic heterocycles. The highest BCUT2D eigenvalue weighted by atomic mass is 35.5. The predicted molar refractivity (Wildman–Crippen MR) is 97.6 cm³/mol. The van der Waals surface area contributed by atoms with Crippen molar-refractivity contribution in [1.82, 2.24) is 4.98 Å². The monoisotopic (exact) mass is 339 g/mol. The minimum atomic E-state index is -0.331. The molecule has 3 rings (SSSR count). The average Bonchev–Trinajstić information content (AvgIpc) is 2.57. The number of nitrogens with zero attached hydrogens (tertiary/aromatic N) is 1. The molecule has 3 nitrogen and oxygen atoms in total. The Bertz CT molecular complexity index is 934. The van der Waals surface area contributed by atoms with Crippen LogP contribution in [0.15, 0.2) is 42.5 Å². The van der Waals surface area contributed by atoms with Crippen molar-refractivity contribution in [3.8, 4) is 11.1 Å². The van der Waals surface area contributed by atoms with E-state index in [1.807, 2.05) is 50.2 Å². The van der Waals surface area contributed by atoms with Gasteiger partial charge in [-0.25, -0.2) is 4.79 Å². The lowest BCUT2D eigenvalue weighted by molar-refractivity contribution is 0.0526. The summed E-state index contributed by atoms with van der Waals surface area (Å²) in [5.74, 6) is -0.331. The zero-order valence-corrected chi connectivity index (χ0v) is 14.6. The maximum absolute atomic E-state index is 12.1. The summed E-state index contributed by atoms with van der Waals surface area (Å²) in [6.07, 6.45) is 0. The first kappa shape index (κ1) is 16.5. The Kier molecular flexibility index (Phi) is 4.54. The first-order valence-electron chi connectivity index (χ1n) is 7.86. The van der Waals surface area contributed by atoms with E-state index >= 15 is 0 Å². The lowest BCUT2D eigenvalue weighted by Gasteiger charge is -2.15. The van der Waals surface area contributed by atoms with E-state index in [2.05, 4.69) is 4.98 Å². The van der Waals surface area contributed by atoms with Crippen molar-refractivity contribution in [2.24, 2.45) is 0 Å². The van der Waals surface area contributed by atoms with Crippen LogP contribution >= 0.6 is 11.6 Å². The number of esters is 1. The van der Waals surface area contributed by atoms with Crippen molar-refractivity contribution in [3.63, 3.8) is 0 Å². The lowest BCUT2D eigenvalue weighted by atomic mass is 9.94. The summed E-state index contributed by atoms with van der Waals surface area (Å²) < 4.78 is 5.11. The zero-order chi connectivity index (χ0) is 17.3. The molecule has 1 aromatic heterocycles. The Balaban J connectivity index is 2.33. The fourth-order valence-electron chi connectivity index (χ4n) is 2.83. The molecular formula is C20H18ClNO2. The predicted octanol–water partition coefficient (Wildman–Crippen LogP) is 5.35. The van der Waals surface area contributed by atoms with Gasteiger partial charge in [0.15, 0.2) is 0 Å². The summed E-state index contributed by atoms with van der Waals surface area (Å²) in [6.45, 7) is 6.15. The summed E-state index contributed by atoms with van der Waals surface area (Å²) in [6, 6.07) is 13.2. The van der Waals surface area contributed by atoms with Gasteiger partial charge in [0.05, 0.1) is 17.7 Å². The van der Waals surface area contributed by atoms with E-state index in [0.717, 1.165) is 33.3 Å². The van der Waals surface area contributed by atoms with E-state index < -0.39 is 0 Å². The van der Waals surface area contributed by atoms with Crippen LogP contribution in [0.4, 0.5) is 0 Å². The van der Waals surface area contributed by atoms with E-state index in [1.54, 1.807) is 13.0 Å². The second-order valence-electron chi connectivity index (χ2n) is 5.63. The third kappa shape index (κ3) is 2.87. The van der Waals surface area contributed by atoms with Crippen molar-refractivity contribution in [2.45, 2.75) is 20.8 Å². The zero-order valence-electron chi connectivity index (χ0n) is 13.9. The Morgan fingerprint density at radius 2 is 1.92 bits per heavy atom. The Hall–Kier alpha value is -2.39. The molecule has 0 amide bonds. The summed E-state index contributed by atoms with van der Waals surface area (Å²) in [5.41, 5.74) is 5.30. The number of aromatic nitrogens is 1. The molecule has 0 bridgehead atoms. The number of carbonyl (C=O) groups excluding carboxylic acids is 1. The average molecular weight is 340 g/mol. The largest absolute Gasteiger partial charge is 0.462 e. The van der Waals surface area contributed by atoms with Crippen molar-refractivity contribution < 1.29 is 9.53 Å². The molecule has 0 spiro atoms. The third-order valence-electron chi connectivity index (χ3n) is 4.13. The van der Waals surface area contributed by atoms with Crippen LogP contribution in [0.3, 0.4) is 0 Å². The SMILES string of the molecule is CCOC(=O)c1ccc2nc(C)c(C)c(-c3ccccc3Cl)c2c1. The van der Waals surface area contributed by atoms with Crippen LogP contribution in [0.1, 0.15) is 28.5 Å². The number of fused-ring (bicyclic) bond motifs is 1. The van der Waals surface area contributed by atoms with Crippen LogP contribution in [-0.4, -0.2) is 17.6 Å². The first-order chi connectivity index (χ1) is 11.5. The quantitative estimate of drug-likeness (QED) is 0.604. The fraction of sp³-hybridized carbons (Fsp3) is 0.200. The molecule has 0 saturated heterocycles. The number of hydrogen-bond donors (Lipinski definition) is 0. The van der Waals surface area contributed by atoms with Crippen LogP contribution < -0.4 is 0 Å². The van der Waals surface area contributed by atoms with E-state index in [4.69, 9.17) is 16.3 Å². The molecule has 0 N–H and O–H groups in total. The minimum Gasteiger partial charge on any atom is -0.462 e. The van der Waals surface area contributed by atoms with Gasteiger partial charge in [0.25, 0.3) is 0 Å². The van der Waals surface area contributed by atoms with Crippen LogP contribution in [0.2, 0.25) is 5.02 Å². The second kappa shape index (κ2) is 6.62. The fourth-order valence-corrected chi connectivity index (χ4v) is 3.06. The van der Waals surface area contributed by atoms with E-state index in [-0.39, 0.29) is 5.97 Å². The van der Waals surface area contributed by atoms with Crippen molar-refractivity contribution >= 4 is 28.5 Å². The molecule has 0 atom stereocenters. The Labute approximate surface area is 146 Å². The number of benzene rings is 2. The van der Waals surface area contributed by atoms with Gasteiger partial charge in [-0.3, -0.25) is 4.98 Å². The molecule has 0 aliphatic carbocycles. The number of ether oxygens (including phenoxy) is 1. The van der Waals surface area contributed by atoms with Crippen LogP contribution in [0.5, 0.6) is 0 Å². The van der Waals surface area contributed by atoms with Gasteiger partial charge >= 0.3 is 5.97 Å². The Morgan fingerprint density at radius 3 is 2.62 bits per heavy atom. The van der Waals surface area contributed by atoms with Crippen LogP contribution in [0, 0.1) is 13.8 Å². The van der Waals surface area contributed by atoms with Crippen LogP contribution in [0.25, 0.3) is 22.0 Å². The normalized spacial score (nSPS) is 10.8. The molecular weight excluding hydrogens is 322 g/mol. The summed E-state index contributed by atoms with van der Waals surface area (Å²) >= 11 is 6.42. The van der Waals surface area contributed by atoms with Gasteiger partial charge in [0.2, 0.25) is 0 Å². The molecule has 3 aromatic rings. The van der Waals surface area contributed by atoms with Gasteiger partial charge in [-0.1, -0.05) is 29.8 Å². The molecule has 0 aliphatic rings. The first-order valence-corrected chi connectivity index (χ1v) is 8.23. The topological polar surface area (TPSA) is 39.2 Å². The van der Waals surface area contributed by atoms with E-state index in [0.29, 0.717) is 17.2 Å². The van der Waals surface area contributed by atoms with Gasteiger partial charge < -0.3 is 4.74 Å². The van der Waals surface area contributed by atoms with Crippen molar-refractivity contribution in [3.05, 3.63) is 64.3 Å². The standard InChI is InChI=1S/C20H18ClNO2/c1-4-24-20(23)14-9-10-18-16(11-14)19(12(2)13(3)22-18)15-7-5-6-8-17(15)21/h5-11H,4H2,1-3H3. The highest BCUT2D eigenvalue weighted by Crippen LogP contribution is 2.36. The molecule has 4 heteroatoms. The van der Waals surface area contributed by atoms with E-state index in [1.165, 1.54) is 0 Å². The number of aryl methyl sites for hydroxylation is 1. The number of pyridine rings is 1. The number of carbonyl (C=O) groups is 1. The smallest absolute Gasteiger partial charge is 0.338 e. The van der Waals surface area contributed by atoms with Crippen molar-refractivity contribution in [1.29, 1.82) is 0 Å². The van der Waals surface area contributed by atoms with Crippen LogP contribution in [-0.2, 0) is 4.74 Å². The number of hydrogen-bond acceptors (Lipinski definition) is 3. The summed E-state index contributed by atoms with van der Waals surface area (Å²) in [5, 5.41) is 1.57. The summed E-state index contributed by atoms with van der Waals surface area (Å²) in [7, 11) is 0. The maximum Gasteiger partial charge on any atom is 0.338 e.